The molecule has 7 nitrogen and oxygen atoms in total. The Labute approximate surface area is 166 Å². The number of amides is 1. The molecule has 1 aliphatic heterocycles. The Hall–Kier alpha value is -2.45. The predicted molar refractivity (Wildman–Crippen MR) is 110 cm³/mol. The van der Waals surface area contributed by atoms with E-state index in [-0.39, 0.29) is 17.4 Å². The van der Waals surface area contributed by atoms with Crippen molar-refractivity contribution in [2.24, 2.45) is 0 Å². The maximum Gasteiger partial charge on any atom is 0.242 e. The highest BCUT2D eigenvalue weighted by molar-refractivity contribution is 7.91. The fourth-order valence-corrected chi connectivity index (χ4v) is 4.48. The van der Waals surface area contributed by atoms with Crippen LogP contribution in [0.4, 0.5) is 5.82 Å². The number of pyridine rings is 1. The molecule has 1 N–H and O–H groups in total. The minimum Gasteiger partial charge on any atom is -0.363 e. The van der Waals surface area contributed by atoms with Crippen molar-refractivity contribution in [1.82, 2.24) is 15.2 Å². The van der Waals surface area contributed by atoms with Crippen molar-refractivity contribution in [2.45, 2.75) is 12.6 Å². The Morgan fingerprint density at radius 3 is 2.50 bits per heavy atom. The van der Waals surface area contributed by atoms with Gasteiger partial charge in [0.25, 0.3) is 0 Å². The van der Waals surface area contributed by atoms with Gasteiger partial charge in [0.15, 0.2) is 9.84 Å². The van der Waals surface area contributed by atoms with E-state index in [1.54, 1.807) is 6.20 Å². The molecule has 0 bridgehead atoms. The standard InChI is InChI=1S/C20H26N4O3S/c1-23(2)18-14-16(8-9-21-18)15-22-20(25)19(17-6-4-3-5-7-17)24-10-12-28(26,27)13-11-24/h3-9,14,19H,10-13,15H2,1-2H3,(H,22,25). The Balaban J connectivity index is 1.75. The lowest BCUT2D eigenvalue weighted by Crippen LogP contribution is -2.47. The number of carbonyl (C=O) groups is 1. The largest absolute Gasteiger partial charge is 0.363 e. The molecule has 1 fully saturated rings. The Morgan fingerprint density at radius 2 is 1.86 bits per heavy atom. The fourth-order valence-electron chi connectivity index (χ4n) is 3.25. The van der Waals surface area contributed by atoms with Gasteiger partial charge in [-0.1, -0.05) is 30.3 Å². The molecule has 1 aromatic carbocycles. The Bertz CT molecular complexity index is 902. The maximum absolute atomic E-state index is 13.1. The predicted octanol–water partition coefficient (Wildman–Crippen LogP) is 1.24. The molecule has 1 aromatic heterocycles. The molecular formula is C20H26N4O3S. The molecule has 1 aliphatic rings. The second-order valence-electron chi connectivity index (χ2n) is 7.14. The Kier molecular flexibility index (Phi) is 6.31. The number of nitrogens with zero attached hydrogens (tertiary/aromatic N) is 3. The number of aromatic nitrogens is 1. The van der Waals surface area contributed by atoms with Gasteiger partial charge in [-0.25, -0.2) is 13.4 Å². The fraction of sp³-hybridized carbons (Fsp3) is 0.400. The van der Waals surface area contributed by atoms with Crippen molar-refractivity contribution in [2.75, 3.05) is 43.6 Å². The van der Waals surface area contributed by atoms with Crippen LogP contribution in [0.5, 0.6) is 0 Å². The van der Waals surface area contributed by atoms with E-state index in [0.717, 1.165) is 16.9 Å². The highest BCUT2D eigenvalue weighted by Gasteiger charge is 2.32. The Morgan fingerprint density at radius 1 is 1.18 bits per heavy atom. The average Bonchev–Trinajstić information content (AvgIpc) is 2.69. The molecule has 1 amide bonds. The molecule has 2 aromatic rings. The van der Waals surface area contributed by atoms with Crippen molar-refractivity contribution in [3.05, 3.63) is 59.8 Å². The van der Waals surface area contributed by atoms with Crippen LogP contribution >= 0.6 is 0 Å². The number of benzene rings is 1. The van der Waals surface area contributed by atoms with Crippen molar-refractivity contribution in [3.63, 3.8) is 0 Å². The first kappa shape index (κ1) is 20.3. The first-order valence-electron chi connectivity index (χ1n) is 9.25. The van der Waals surface area contributed by atoms with E-state index in [2.05, 4.69) is 10.3 Å². The van der Waals surface area contributed by atoms with Gasteiger partial charge in [-0.15, -0.1) is 0 Å². The summed E-state index contributed by atoms with van der Waals surface area (Å²) >= 11 is 0. The van der Waals surface area contributed by atoms with Gasteiger partial charge in [0.1, 0.15) is 11.9 Å². The number of anilines is 1. The topological polar surface area (TPSA) is 82.6 Å². The minimum absolute atomic E-state index is 0.0835. The van der Waals surface area contributed by atoms with Crippen LogP contribution in [-0.2, 0) is 21.2 Å². The van der Waals surface area contributed by atoms with Crippen LogP contribution in [0.1, 0.15) is 17.2 Å². The van der Waals surface area contributed by atoms with Gasteiger partial charge < -0.3 is 10.2 Å². The second kappa shape index (κ2) is 8.70. The smallest absolute Gasteiger partial charge is 0.242 e. The molecular weight excluding hydrogens is 376 g/mol. The highest BCUT2D eigenvalue weighted by atomic mass is 32.2. The molecule has 8 heteroatoms. The third kappa shape index (κ3) is 5.08. The average molecular weight is 403 g/mol. The van der Waals surface area contributed by atoms with Crippen molar-refractivity contribution in [1.29, 1.82) is 0 Å². The zero-order chi connectivity index (χ0) is 20.1. The number of nitrogens with one attached hydrogen (secondary N) is 1. The summed E-state index contributed by atoms with van der Waals surface area (Å²) in [5, 5.41) is 3.01. The third-order valence-corrected chi connectivity index (χ3v) is 6.45. The van der Waals surface area contributed by atoms with E-state index in [1.807, 2.05) is 66.4 Å². The monoisotopic (exact) mass is 402 g/mol. The summed E-state index contributed by atoms with van der Waals surface area (Å²) in [5.41, 5.74) is 1.82. The number of hydrogen-bond donors (Lipinski definition) is 1. The normalized spacial score (nSPS) is 17.6. The summed E-state index contributed by atoms with van der Waals surface area (Å²) < 4.78 is 23.6. The summed E-state index contributed by atoms with van der Waals surface area (Å²) in [6.07, 6.45) is 1.72. The van der Waals surface area contributed by atoms with E-state index >= 15 is 0 Å². The summed E-state index contributed by atoms with van der Waals surface area (Å²) in [6.45, 7) is 1.10. The summed E-state index contributed by atoms with van der Waals surface area (Å²) in [4.78, 5) is 21.2. The van der Waals surface area contributed by atoms with Crippen LogP contribution < -0.4 is 10.2 Å². The molecule has 3 rings (SSSR count). The van der Waals surface area contributed by atoms with E-state index in [0.29, 0.717) is 19.6 Å². The minimum atomic E-state index is -3.01. The van der Waals surface area contributed by atoms with Crippen LogP contribution in [0.25, 0.3) is 0 Å². The maximum atomic E-state index is 13.1. The molecule has 0 radical (unpaired) electrons. The molecule has 0 spiro atoms. The number of hydrogen-bond acceptors (Lipinski definition) is 6. The third-order valence-electron chi connectivity index (χ3n) is 4.84. The van der Waals surface area contributed by atoms with Crippen LogP contribution in [0.2, 0.25) is 0 Å². The van der Waals surface area contributed by atoms with Crippen molar-refractivity contribution in [3.8, 4) is 0 Å². The van der Waals surface area contributed by atoms with Crippen LogP contribution in [-0.4, -0.2) is 62.9 Å². The lowest BCUT2D eigenvalue weighted by molar-refractivity contribution is -0.126. The first-order valence-corrected chi connectivity index (χ1v) is 11.1. The van der Waals surface area contributed by atoms with Gasteiger partial charge in [0, 0.05) is 39.9 Å². The van der Waals surface area contributed by atoms with Gasteiger partial charge >= 0.3 is 0 Å². The zero-order valence-electron chi connectivity index (χ0n) is 16.2. The highest BCUT2D eigenvalue weighted by Crippen LogP contribution is 2.23. The molecule has 1 unspecified atom stereocenters. The number of carbonyl (C=O) groups excluding carboxylic acids is 1. The molecule has 28 heavy (non-hydrogen) atoms. The summed E-state index contributed by atoms with van der Waals surface area (Å²) in [6, 6.07) is 12.8. The molecule has 1 atom stereocenters. The molecule has 2 heterocycles. The van der Waals surface area contributed by atoms with Crippen LogP contribution in [0, 0.1) is 0 Å². The van der Waals surface area contributed by atoms with Crippen molar-refractivity contribution < 1.29 is 13.2 Å². The molecule has 1 saturated heterocycles. The van der Waals surface area contributed by atoms with Gasteiger partial charge in [-0.3, -0.25) is 9.69 Å². The van der Waals surface area contributed by atoms with E-state index < -0.39 is 15.9 Å². The molecule has 0 saturated carbocycles. The number of rotatable bonds is 6. The van der Waals surface area contributed by atoms with Crippen molar-refractivity contribution >= 4 is 21.6 Å². The zero-order valence-corrected chi connectivity index (χ0v) is 17.0. The first-order chi connectivity index (χ1) is 13.4. The summed E-state index contributed by atoms with van der Waals surface area (Å²) in [7, 11) is 0.824. The second-order valence-corrected chi connectivity index (χ2v) is 9.44. The molecule has 150 valence electrons. The summed E-state index contributed by atoms with van der Waals surface area (Å²) in [5.74, 6) is 0.863. The molecule has 0 aliphatic carbocycles. The van der Waals surface area contributed by atoms with E-state index in [9.17, 15) is 13.2 Å². The SMILES string of the molecule is CN(C)c1cc(CNC(=O)C(c2ccccc2)N2CCS(=O)(=O)CC2)ccn1. The van der Waals surface area contributed by atoms with Gasteiger partial charge in [0.2, 0.25) is 5.91 Å². The van der Waals surface area contributed by atoms with E-state index in [1.165, 1.54) is 0 Å². The van der Waals surface area contributed by atoms with Gasteiger partial charge in [-0.05, 0) is 23.3 Å². The van der Waals surface area contributed by atoms with Gasteiger partial charge in [0.05, 0.1) is 11.5 Å². The van der Waals surface area contributed by atoms with E-state index in [4.69, 9.17) is 0 Å². The number of sulfone groups is 1. The van der Waals surface area contributed by atoms with Gasteiger partial charge in [-0.2, -0.15) is 0 Å². The lowest BCUT2D eigenvalue weighted by atomic mass is 10.0. The quantitative estimate of drug-likeness (QED) is 0.783. The van der Waals surface area contributed by atoms with Crippen LogP contribution in [0.15, 0.2) is 48.7 Å². The van der Waals surface area contributed by atoms with Crippen LogP contribution in [0.3, 0.4) is 0 Å². The lowest BCUT2D eigenvalue weighted by Gasteiger charge is -2.33.